The van der Waals surface area contributed by atoms with E-state index in [1.54, 1.807) is 29.6 Å². The van der Waals surface area contributed by atoms with Crippen molar-refractivity contribution in [2.75, 3.05) is 6.61 Å². The molecule has 20 heavy (non-hydrogen) atoms. The predicted octanol–water partition coefficient (Wildman–Crippen LogP) is 1.93. The number of hydrogen-bond acceptors (Lipinski definition) is 5. The molecule has 0 fully saturated rings. The Morgan fingerprint density at radius 2 is 2.15 bits per heavy atom. The molecule has 0 saturated heterocycles. The molecule has 0 aliphatic rings. The van der Waals surface area contributed by atoms with E-state index in [1.165, 1.54) is 0 Å². The van der Waals surface area contributed by atoms with Crippen molar-refractivity contribution in [3.8, 4) is 0 Å². The fourth-order valence-corrected chi connectivity index (χ4v) is 2.99. The van der Waals surface area contributed by atoms with Gasteiger partial charge >= 0.3 is 5.97 Å². The lowest BCUT2D eigenvalue weighted by Crippen LogP contribution is -2.08. The highest BCUT2D eigenvalue weighted by Crippen LogP contribution is 2.24. The van der Waals surface area contributed by atoms with Gasteiger partial charge in [0.15, 0.2) is 0 Å². The third-order valence-corrected chi connectivity index (χ3v) is 3.97. The molecule has 2 heterocycles. The lowest BCUT2D eigenvalue weighted by atomic mass is 10.3. The lowest BCUT2D eigenvalue weighted by Gasteiger charge is -2.06. The molecule has 0 unspecified atom stereocenters. The fraction of sp³-hybridized carbons (Fsp3) is 0.462. The van der Waals surface area contributed by atoms with Crippen molar-refractivity contribution in [2.45, 2.75) is 24.6 Å². The molecular weight excluding hydrogens is 276 g/mol. The molecule has 0 aromatic carbocycles. The zero-order chi connectivity index (χ0) is 14.7. The van der Waals surface area contributed by atoms with Crippen molar-refractivity contribution in [3.05, 3.63) is 29.2 Å². The van der Waals surface area contributed by atoms with Gasteiger partial charge in [-0.15, -0.1) is 11.8 Å². The number of esters is 1. The summed E-state index contributed by atoms with van der Waals surface area (Å²) in [5, 5.41) is 9.50. The van der Waals surface area contributed by atoms with Crippen LogP contribution in [0.4, 0.5) is 0 Å². The van der Waals surface area contributed by atoms with Gasteiger partial charge in [-0.2, -0.15) is 10.2 Å². The van der Waals surface area contributed by atoms with E-state index >= 15 is 0 Å². The average Bonchev–Trinajstić information content (AvgIpc) is 2.90. The summed E-state index contributed by atoms with van der Waals surface area (Å²) in [6.45, 7) is 4.11. The van der Waals surface area contributed by atoms with Gasteiger partial charge in [-0.25, -0.2) is 4.79 Å². The van der Waals surface area contributed by atoms with E-state index in [4.69, 9.17) is 4.74 Å². The highest BCUT2D eigenvalue weighted by atomic mass is 32.2. The van der Waals surface area contributed by atoms with Crippen LogP contribution in [0.5, 0.6) is 0 Å². The standard InChI is InChI=1S/C13H18N4O2S/c1-5-19-13(18)10-7-14-16(3)11(10)8-20-12-6-9(2)15-17(12)4/h6-7H,5,8H2,1-4H3. The van der Waals surface area contributed by atoms with Gasteiger partial charge in [-0.3, -0.25) is 9.36 Å². The molecule has 0 spiro atoms. The Morgan fingerprint density at radius 1 is 1.40 bits per heavy atom. The molecule has 2 rings (SSSR count). The first-order valence-electron chi connectivity index (χ1n) is 6.34. The van der Waals surface area contributed by atoms with Crippen molar-refractivity contribution in [3.63, 3.8) is 0 Å². The second kappa shape index (κ2) is 6.13. The van der Waals surface area contributed by atoms with Crippen LogP contribution in [0.2, 0.25) is 0 Å². The molecule has 0 radical (unpaired) electrons. The molecule has 0 atom stereocenters. The molecule has 6 nitrogen and oxygen atoms in total. The van der Waals surface area contributed by atoms with E-state index in [-0.39, 0.29) is 5.97 Å². The normalized spacial score (nSPS) is 10.8. The Labute approximate surface area is 122 Å². The number of aromatic nitrogens is 4. The van der Waals surface area contributed by atoms with Gasteiger partial charge in [-0.05, 0) is 19.9 Å². The number of aryl methyl sites for hydroxylation is 3. The summed E-state index contributed by atoms with van der Waals surface area (Å²) < 4.78 is 8.59. The van der Waals surface area contributed by atoms with Gasteiger partial charge in [0.2, 0.25) is 0 Å². The minimum Gasteiger partial charge on any atom is -0.462 e. The Balaban J connectivity index is 2.15. The van der Waals surface area contributed by atoms with Crippen LogP contribution >= 0.6 is 11.8 Å². The SMILES string of the molecule is CCOC(=O)c1cnn(C)c1CSc1cc(C)nn1C. The Bertz CT molecular complexity index is 618. The van der Waals surface area contributed by atoms with Crippen LogP contribution in [0.25, 0.3) is 0 Å². The molecule has 0 aliphatic heterocycles. The number of ether oxygens (including phenoxy) is 1. The number of carbonyl (C=O) groups excluding carboxylic acids is 1. The highest BCUT2D eigenvalue weighted by molar-refractivity contribution is 7.98. The molecule has 0 bridgehead atoms. The summed E-state index contributed by atoms with van der Waals surface area (Å²) in [4.78, 5) is 11.9. The first-order chi connectivity index (χ1) is 9.52. The van der Waals surface area contributed by atoms with E-state index in [1.807, 2.05) is 31.8 Å². The number of thioether (sulfide) groups is 1. The average molecular weight is 294 g/mol. The third kappa shape index (κ3) is 3.04. The van der Waals surface area contributed by atoms with Crippen LogP contribution < -0.4 is 0 Å². The highest BCUT2D eigenvalue weighted by Gasteiger charge is 2.17. The van der Waals surface area contributed by atoms with Crippen molar-refractivity contribution >= 4 is 17.7 Å². The minimum absolute atomic E-state index is 0.322. The lowest BCUT2D eigenvalue weighted by molar-refractivity contribution is 0.0525. The summed E-state index contributed by atoms with van der Waals surface area (Å²) in [7, 11) is 3.73. The van der Waals surface area contributed by atoms with E-state index in [9.17, 15) is 4.79 Å². The Hall–Kier alpha value is -1.76. The summed E-state index contributed by atoms with van der Waals surface area (Å²) >= 11 is 1.62. The number of carbonyl (C=O) groups is 1. The molecule has 0 saturated carbocycles. The summed E-state index contributed by atoms with van der Waals surface area (Å²) in [6, 6.07) is 2.02. The fourth-order valence-electron chi connectivity index (χ4n) is 1.88. The van der Waals surface area contributed by atoms with Crippen LogP contribution in [0.1, 0.15) is 28.7 Å². The monoisotopic (exact) mass is 294 g/mol. The van der Waals surface area contributed by atoms with Crippen LogP contribution in [-0.4, -0.2) is 32.1 Å². The molecule has 0 aliphatic carbocycles. The molecule has 0 N–H and O–H groups in total. The van der Waals surface area contributed by atoms with Crippen molar-refractivity contribution in [1.29, 1.82) is 0 Å². The second-order valence-electron chi connectivity index (χ2n) is 4.39. The van der Waals surface area contributed by atoms with Gasteiger partial charge < -0.3 is 4.74 Å². The first kappa shape index (κ1) is 14.6. The Kier molecular flexibility index (Phi) is 4.49. The van der Waals surface area contributed by atoms with Crippen molar-refractivity contribution in [1.82, 2.24) is 19.6 Å². The number of nitrogens with zero attached hydrogens (tertiary/aromatic N) is 4. The topological polar surface area (TPSA) is 61.9 Å². The van der Waals surface area contributed by atoms with E-state index in [2.05, 4.69) is 10.2 Å². The molecular formula is C13H18N4O2S. The third-order valence-electron chi connectivity index (χ3n) is 2.87. The largest absolute Gasteiger partial charge is 0.462 e. The summed E-state index contributed by atoms with van der Waals surface area (Å²) in [6.07, 6.45) is 1.56. The molecule has 2 aromatic rings. The summed E-state index contributed by atoms with van der Waals surface area (Å²) in [5.74, 6) is 0.321. The maximum Gasteiger partial charge on any atom is 0.341 e. The molecule has 0 amide bonds. The van der Waals surface area contributed by atoms with Crippen LogP contribution in [0, 0.1) is 6.92 Å². The molecule has 2 aromatic heterocycles. The zero-order valence-corrected chi connectivity index (χ0v) is 12.9. The van der Waals surface area contributed by atoms with Crippen LogP contribution in [0.3, 0.4) is 0 Å². The van der Waals surface area contributed by atoms with E-state index < -0.39 is 0 Å². The second-order valence-corrected chi connectivity index (χ2v) is 5.38. The van der Waals surface area contributed by atoms with Gasteiger partial charge in [-0.1, -0.05) is 0 Å². The zero-order valence-electron chi connectivity index (χ0n) is 12.1. The minimum atomic E-state index is -0.322. The number of hydrogen-bond donors (Lipinski definition) is 0. The first-order valence-corrected chi connectivity index (χ1v) is 7.33. The van der Waals surface area contributed by atoms with Gasteiger partial charge in [0.05, 0.1) is 29.2 Å². The van der Waals surface area contributed by atoms with Crippen molar-refractivity contribution in [2.24, 2.45) is 14.1 Å². The summed E-state index contributed by atoms with van der Waals surface area (Å²) in [5.41, 5.74) is 2.36. The smallest absolute Gasteiger partial charge is 0.341 e. The van der Waals surface area contributed by atoms with Crippen LogP contribution in [0.15, 0.2) is 17.3 Å². The van der Waals surface area contributed by atoms with Crippen molar-refractivity contribution < 1.29 is 9.53 Å². The maximum atomic E-state index is 11.9. The predicted molar refractivity (Wildman–Crippen MR) is 76.7 cm³/mol. The molecule has 108 valence electrons. The van der Waals surface area contributed by atoms with Gasteiger partial charge in [0.25, 0.3) is 0 Å². The van der Waals surface area contributed by atoms with Crippen LogP contribution in [-0.2, 0) is 24.6 Å². The molecule has 7 heteroatoms. The van der Waals surface area contributed by atoms with E-state index in [0.29, 0.717) is 17.9 Å². The Morgan fingerprint density at radius 3 is 2.75 bits per heavy atom. The quantitative estimate of drug-likeness (QED) is 0.623. The van der Waals surface area contributed by atoms with Gasteiger partial charge in [0.1, 0.15) is 5.56 Å². The van der Waals surface area contributed by atoms with E-state index in [0.717, 1.165) is 16.4 Å². The maximum absolute atomic E-state index is 11.9. The van der Waals surface area contributed by atoms with Gasteiger partial charge in [0, 0.05) is 19.8 Å². The number of rotatable bonds is 5.